The number of likely N-dealkylation sites (tertiary alicyclic amines) is 1. The zero-order chi connectivity index (χ0) is 22.1. The number of anilines is 1. The second-order valence-electron chi connectivity index (χ2n) is 8.24. The smallest absolute Gasteiger partial charge is 0.252 e. The van der Waals surface area contributed by atoms with Crippen LogP contribution in [0.1, 0.15) is 46.1 Å². The zero-order valence-electron chi connectivity index (χ0n) is 17.7. The first kappa shape index (κ1) is 20.3. The average molecular weight is 431 g/mol. The summed E-state index contributed by atoms with van der Waals surface area (Å²) in [6, 6.07) is 13.4. The quantitative estimate of drug-likeness (QED) is 0.290. The van der Waals surface area contributed by atoms with Crippen LogP contribution >= 0.6 is 0 Å². The minimum absolute atomic E-state index is 0.0970. The number of aromatic nitrogens is 1. The van der Waals surface area contributed by atoms with E-state index in [0.717, 1.165) is 47.4 Å². The van der Waals surface area contributed by atoms with E-state index in [1.165, 1.54) is 12.8 Å². The molecule has 164 valence electrons. The number of aromatic amines is 1. The van der Waals surface area contributed by atoms with E-state index in [1.807, 2.05) is 24.1 Å². The molecule has 0 unspecified atom stereocenters. The Balaban J connectivity index is 1.57. The highest BCUT2D eigenvalue weighted by Crippen LogP contribution is 2.39. The molecule has 2 aliphatic rings. The number of benzene rings is 2. The van der Waals surface area contributed by atoms with Crippen LogP contribution in [0, 0.1) is 0 Å². The van der Waals surface area contributed by atoms with Crippen molar-refractivity contribution in [3.8, 4) is 0 Å². The molecule has 1 aromatic heterocycles. The minimum Gasteiger partial charge on any atom is -0.357 e. The molecule has 2 aromatic carbocycles. The number of rotatable bonds is 7. The fraction of sp³-hybridized carbons (Fsp3) is 0.292. The van der Waals surface area contributed by atoms with Crippen LogP contribution in [0.25, 0.3) is 10.9 Å². The number of para-hydroxylation sites is 1. The molecule has 8 heteroatoms. The lowest BCUT2D eigenvalue weighted by Gasteiger charge is -2.19. The van der Waals surface area contributed by atoms with Crippen molar-refractivity contribution in [1.82, 2.24) is 20.5 Å². The summed E-state index contributed by atoms with van der Waals surface area (Å²) >= 11 is 0. The van der Waals surface area contributed by atoms with Gasteiger partial charge in [-0.3, -0.25) is 9.69 Å². The van der Waals surface area contributed by atoms with Crippen LogP contribution in [-0.4, -0.2) is 41.5 Å². The molecule has 1 saturated heterocycles. The van der Waals surface area contributed by atoms with Crippen LogP contribution < -0.4 is 21.7 Å². The summed E-state index contributed by atoms with van der Waals surface area (Å²) in [7, 11) is 0. The Kier molecular flexibility index (Phi) is 5.41. The number of carbonyl (C=O) groups excluding carboxylic acids is 2. The van der Waals surface area contributed by atoms with Gasteiger partial charge in [0, 0.05) is 40.0 Å². The molecule has 8 nitrogen and oxygen atoms in total. The van der Waals surface area contributed by atoms with Crippen LogP contribution in [0.2, 0.25) is 0 Å². The number of nitrogens with zero attached hydrogens (tertiary/aromatic N) is 1. The van der Waals surface area contributed by atoms with Gasteiger partial charge in [-0.1, -0.05) is 18.2 Å². The lowest BCUT2D eigenvalue weighted by molar-refractivity contribution is 0.0960. The Morgan fingerprint density at radius 2 is 2.00 bits per heavy atom. The normalized spacial score (nSPS) is 17.8. The van der Waals surface area contributed by atoms with Gasteiger partial charge in [0.15, 0.2) is 11.8 Å². The van der Waals surface area contributed by atoms with E-state index in [-0.39, 0.29) is 24.4 Å². The van der Waals surface area contributed by atoms with Gasteiger partial charge in [0.2, 0.25) is 0 Å². The molecule has 0 radical (unpaired) electrons. The first-order valence-corrected chi connectivity index (χ1v) is 10.9. The molecule has 3 heterocycles. The third-order valence-corrected chi connectivity index (χ3v) is 6.23. The van der Waals surface area contributed by atoms with Crippen LogP contribution in [0.4, 0.5) is 5.69 Å². The van der Waals surface area contributed by atoms with Crippen molar-refractivity contribution in [2.24, 2.45) is 5.73 Å². The lowest BCUT2D eigenvalue weighted by atomic mass is 9.95. The van der Waals surface area contributed by atoms with Gasteiger partial charge in [-0.05, 0) is 55.8 Å². The van der Waals surface area contributed by atoms with E-state index >= 15 is 0 Å². The minimum atomic E-state index is -0.279. The highest BCUT2D eigenvalue weighted by molar-refractivity contribution is 6.01. The number of fused-ring (bicyclic) bond motifs is 2. The Morgan fingerprint density at radius 3 is 2.78 bits per heavy atom. The molecule has 6 N–H and O–H groups in total. The predicted molar refractivity (Wildman–Crippen MR) is 124 cm³/mol. The summed E-state index contributed by atoms with van der Waals surface area (Å²) < 4.78 is 0. The zero-order valence-corrected chi connectivity index (χ0v) is 17.7. The van der Waals surface area contributed by atoms with Crippen molar-refractivity contribution >= 4 is 28.4 Å². The molecular weight excluding hydrogens is 404 g/mol. The monoisotopic (exact) mass is 430 g/mol. The van der Waals surface area contributed by atoms with Gasteiger partial charge in [-0.25, -0.2) is 4.79 Å². The summed E-state index contributed by atoms with van der Waals surface area (Å²) in [5, 5.41) is 10.0. The van der Waals surface area contributed by atoms with Gasteiger partial charge >= 0.3 is 0 Å². The molecule has 0 spiro atoms. The lowest BCUT2D eigenvalue weighted by Crippen LogP contribution is -2.26. The SMILES string of the molecule is NCNC(=C=O)Nc1ccc2c(c1)[C@H](c1c(CN3CCCC3)[nH]c3ccccc13)NC2=O. The fourth-order valence-corrected chi connectivity index (χ4v) is 4.79. The van der Waals surface area contributed by atoms with Crippen LogP contribution in [0.5, 0.6) is 0 Å². The standard InChI is InChI=1S/C24H26N6O2/c25-14-26-21(13-31)27-15-7-8-16-18(11-15)23(29-24(16)32)22-17-5-1-2-6-19(17)28-20(22)12-30-9-3-4-10-30/h1-2,5-8,11,23,26-28H,3-4,9-10,12,14,25H2,(H,29,32)/t23-/m1/s1. The van der Waals surface area contributed by atoms with Gasteiger partial charge in [-0.15, -0.1) is 0 Å². The Hall–Kier alpha value is -3.58. The van der Waals surface area contributed by atoms with Crippen molar-refractivity contribution in [2.75, 3.05) is 25.1 Å². The summed E-state index contributed by atoms with van der Waals surface area (Å²) in [5.74, 6) is 1.87. The second kappa shape index (κ2) is 8.51. The molecule has 1 fully saturated rings. The van der Waals surface area contributed by atoms with Crippen LogP contribution in [0.3, 0.4) is 0 Å². The number of amides is 1. The number of carbonyl (C=O) groups is 1. The molecule has 0 bridgehead atoms. The molecule has 1 amide bonds. The largest absolute Gasteiger partial charge is 0.357 e. The molecule has 3 aromatic rings. The molecular formula is C24H26N6O2. The second-order valence-corrected chi connectivity index (χ2v) is 8.24. The van der Waals surface area contributed by atoms with Gasteiger partial charge in [-0.2, -0.15) is 0 Å². The molecule has 32 heavy (non-hydrogen) atoms. The first-order chi connectivity index (χ1) is 15.7. The third-order valence-electron chi connectivity index (χ3n) is 6.23. The molecule has 0 saturated carbocycles. The van der Waals surface area contributed by atoms with E-state index in [4.69, 9.17) is 5.73 Å². The highest BCUT2D eigenvalue weighted by Gasteiger charge is 2.34. The van der Waals surface area contributed by atoms with Gasteiger partial charge < -0.3 is 26.7 Å². The third kappa shape index (κ3) is 3.65. The Morgan fingerprint density at radius 1 is 1.19 bits per heavy atom. The number of nitrogens with one attached hydrogen (secondary N) is 4. The van der Waals surface area contributed by atoms with E-state index in [0.29, 0.717) is 11.3 Å². The maximum absolute atomic E-state index is 12.8. The Bertz CT molecular complexity index is 1220. The van der Waals surface area contributed by atoms with Gasteiger partial charge in [0.1, 0.15) is 0 Å². The number of hydrogen-bond acceptors (Lipinski definition) is 6. The van der Waals surface area contributed by atoms with Gasteiger partial charge in [0.25, 0.3) is 5.91 Å². The maximum Gasteiger partial charge on any atom is 0.252 e. The van der Waals surface area contributed by atoms with Gasteiger partial charge in [0.05, 0.1) is 12.7 Å². The molecule has 2 aliphatic heterocycles. The highest BCUT2D eigenvalue weighted by atomic mass is 16.2. The molecule has 0 aliphatic carbocycles. The van der Waals surface area contributed by atoms with E-state index in [2.05, 4.69) is 38.0 Å². The Labute approximate surface area is 185 Å². The summed E-state index contributed by atoms with van der Waals surface area (Å²) in [6.45, 7) is 3.11. The summed E-state index contributed by atoms with van der Waals surface area (Å²) in [5.41, 5.74) is 11.0. The summed E-state index contributed by atoms with van der Waals surface area (Å²) in [6.07, 6.45) is 2.44. The average Bonchev–Trinajstić information content (AvgIpc) is 3.51. The van der Waals surface area contributed by atoms with Crippen molar-refractivity contribution in [1.29, 1.82) is 0 Å². The topological polar surface area (TPSA) is 115 Å². The molecule has 5 rings (SSSR count). The maximum atomic E-state index is 12.8. The van der Waals surface area contributed by atoms with E-state index < -0.39 is 0 Å². The molecule has 1 atom stereocenters. The summed E-state index contributed by atoms with van der Waals surface area (Å²) in [4.78, 5) is 30.0. The van der Waals surface area contributed by atoms with Crippen LogP contribution in [0.15, 0.2) is 48.3 Å². The predicted octanol–water partition coefficient (Wildman–Crippen LogP) is 2.19. The number of nitrogens with two attached hydrogens (primary N) is 1. The van der Waals surface area contributed by atoms with Crippen molar-refractivity contribution in [3.63, 3.8) is 0 Å². The fourth-order valence-electron chi connectivity index (χ4n) is 4.79. The van der Waals surface area contributed by atoms with E-state index in [9.17, 15) is 9.59 Å². The first-order valence-electron chi connectivity index (χ1n) is 10.9. The van der Waals surface area contributed by atoms with Crippen molar-refractivity contribution in [3.05, 3.63) is 70.7 Å². The van der Waals surface area contributed by atoms with Crippen molar-refractivity contribution in [2.45, 2.75) is 25.4 Å². The van der Waals surface area contributed by atoms with Crippen molar-refractivity contribution < 1.29 is 9.59 Å². The van der Waals surface area contributed by atoms with E-state index in [1.54, 1.807) is 12.1 Å². The van der Waals surface area contributed by atoms with Crippen LogP contribution in [-0.2, 0) is 11.3 Å². The number of hydrogen-bond donors (Lipinski definition) is 5. The number of H-pyrrole nitrogens is 1.